The number of anilines is 1. The SMILES string of the molecule is CCc1c(N)nc(C2(N)CCCCC2)[nH]c1=O. The van der Waals surface area contributed by atoms with E-state index >= 15 is 0 Å². The van der Waals surface area contributed by atoms with Crippen molar-refractivity contribution in [2.45, 2.75) is 51.0 Å². The number of hydrogen-bond acceptors (Lipinski definition) is 4. The molecule has 1 saturated carbocycles. The van der Waals surface area contributed by atoms with Gasteiger partial charge in [0.15, 0.2) is 0 Å². The molecule has 1 aromatic rings. The van der Waals surface area contributed by atoms with E-state index in [2.05, 4.69) is 9.97 Å². The van der Waals surface area contributed by atoms with Gasteiger partial charge in [-0.05, 0) is 19.3 Å². The van der Waals surface area contributed by atoms with E-state index in [4.69, 9.17) is 11.5 Å². The Hall–Kier alpha value is -1.36. The quantitative estimate of drug-likeness (QED) is 0.714. The second-order valence-corrected chi connectivity index (χ2v) is 4.85. The maximum absolute atomic E-state index is 11.8. The normalized spacial score (nSPS) is 19.2. The lowest BCUT2D eigenvalue weighted by Crippen LogP contribution is -2.42. The lowest BCUT2D eigenvalue weighted by Gasteiger charge is -2.32. The van der Waals surface area contributed by atoms with Crippen LogP contribution < -0.4 is 17.0 Å². The molecule has 0 atom stereocenters. The topological polar surface area (TPSA) is 97.8 Å². The summed E-state index contributed by atoms with van der Waals surface area (Å²) in [6, 6.07) is 0. The predicted octanol–water partition coefficient (Wildman–Crippen LogP) is 1.03. The van der Waals surface area contributed by atoms with E-state index in [1.165, 1.54) is 6.42 Å². The standard InChI is InChI=1S/C12H20N4O/c1-2-8-9(13)15-11(16-10(8)17)12(14)6-4-3-5-7-12/h2-7,14H2,1H3,(H3,13,15,16,17). The highest BCUT2D eigenvalue weighted by Gasteiger charge is 2.32. The minimum atomic E-state index is -0.502. The zero-order chi connectivity index (χ0) is 12.5. The molecule has 1 heterocycles. The fourth-order valence-electron chi connectivity index (χ4n) is 2.51. The van der Waals surface area contributed by atoms with Gasteiger partial charge in [-0.15, -0.1) is 0 Å². The number of hydrogen-bond donors (Lipinski definition) is 3. The highest BCUT2D eigenvalue weighted by atomic mass is 16.1. The Kier molecular flexibility index (Phi) is 3.19. The Morgan fingerprint density at radius 3 is 2.53 bits per heavy atom. The molecule has 2 rings (SSSR count). The maximum Gasteiger partial charge on any atom is 0.256 e. The highest BCUT2D eigenvalue weighted by Crippen LogP contribution is 2.32. The van der Waals surface area contributed by atoms with Crippen LogP contribution >= 0.6 is 0 Å². The summed E-state index contributed by atoms with van der Waals surface area (Å²) in [4.78, 5) is 18.9. The van der Waals surface area contributed by atoms with Crippen molar-refractivity contribution in [3.05, 3.63) is 21.7 Å². The molecule has 5 heteroatoms. The first-order valence-corrected chi connectivity index (χ1v) is 6.25. The van der Waals surface area contributed by atoms with Gasteiger partial charge in [0.25, 0.3) is 5.56 Å². The molecule has 1 aliphatic rings. The fraction of sp³-hybridized carbons (Fsp3) is 0.667. The molecule has 0 aromatic carbocycles. The zero-order valence-electron chi connectivity index (χ0n) is 10.3. The van der Waals surface area contributed by atoms with Crippen LogP contribution in [0.2, 0.25) is 0 Å². The number of H-pyrrole nitrogens is 1. The van der Waals surface area contributed by atoms with E-state index in [1.54, 1.807) is 0 Å². The maximum atomic E-state index is 11.8. The summed E-state index contributed by atoms with van der Waals surface area (Å²) in [5, 5.41) is 0. The van der Waals surface area contributed by atoms with Crippen LogP contribution in [0.1, 0.15) is 50.4 Å². The van der Waals surface area contributed by atoms with Crippen molar-refractivity contribution in [3.63, 3.8) is 0 Å². The van der Waals surface area contributed by atoms with E-state index in [0.717, 1.165) is 25.7 Å². The van der Waals surface area contributed by atoms with Gasteiger partial charge in [-0.1, -0.05) is 26.2 Å². The van der Waals surface area contributed by atoms with Crippen molar-refractivity contribution >= 4 is 5.82 Å². The Morgan fingerprint density at radius 1 is 1.35 bits per heavy atom. The smallest absolute Gasteiger partial charge is 0.256 e. The van der Waals surface area contributed by atoms with Gasteiger partial charge in [-0.3, -0.25) is 4.79 Å². The van der Waals surface area contributed by atoms with Gasteiger partial charge in [-0.25, -0.2) is 4.98 Å². The average Bonchev–Trinajstić information content (AvgIpc) is 2.29. The summed E-state index contributed by atoms with van der Waals surface area (Å²) in [6.07, 6.45) is 5.67. The molecule has 5 N–H and O–H groups in total. The lowest BCUT2D eigenvalue weighted by atomic mass is 9.82. The summed E-state index contributed by atoms with van der Waals surface area (Å²) in [6.45, 7) is 1.89. The fourth-order valence-corrected chi connectivity index (χ4v) is 2.51. The second-order valence-electron chi connectivity index (χ2n) is 4.85. The molecule has 0 spiro atoms. The van der Waals surface area contributed by atoms with E-state index in [9.17, 15) is 4.79 Å². The summed E-state index contributed by atoms with van der Waals surface area (Å²) >= 11 is 0. The molecule has 0 unspecified atom stereocenters. The van der Waals surface area contributed by atoms with E-state index in [-0.39, 0.29) is 5.56 Å². The van der Waals surface area contributed by atoms with Gasteiger partial charge >= 0.3 is 0 Å². The van der Waals surface area contributed by atoms with Crippen LogP contribution in [0.25, 0.3) is 0 Å². The first kappa shape index (κ1) is 12.1. The van der Waals surface area contributed by atoms with Gasteiger partial charge in [0, 0.05) is 0 Å². The third kappa shape index (κ3) is 2.20. The third-order valence-corrected chi connectivity index (χ3v) is 3.62. The number of nitrogens with two attached hydrogens (primary N) is 2. The van der Waals surface area contributed by atoms with Crippen LogP contribution in [0.3, 0.4) is 0 Å². The predicted molar refractivity (Wildman–Crippen MR) is 67.6 cm³/mol. The Morgan fingerprint density at radius 2 is 2.00 bits per heavy atom. The minimum absolute atomic E-state index is 0.148. The van der Waals surface area contributed by atoms with Crippen LogP contribution in [0.15, 0.2) is 4.79 Å². The molecule has 0 radical (unpaired) electrons. The summed E-state index contributed by atoms with van der Waals surface area (Å²) in [5.74, 6) is 0.874. The molecule has 5 nitrogen and oxygen atoms in total. The van der Waals surface area contributed by atoms with Crippen LogP contribution in [0, 0.1) is 0 Å². The van der Waals surface area contributed by atoms with Gasteiger partial charge in [0.05, 0.1) is 11.1 Å². The number of rotatable bonds is 2. The van der Waals surface area contributed by atoms with Crippen molar-refractivity contribution in [3.8, 4) is 0 Å². The molecule has 0 saturated heterocycles. The highest BCUT2D eigenvalue weighted by molar-refractivity contribution is 5.38. The molecule has 17 heavy (non-hydrogen) atoms. The number of nitrogen functional groups attached to an aromatic ring is 1. The van der Waals surface area contributed by atoms with Gasteiger partial charge < -0.3 is 16.5 Å². The second kappa shape index (κ2) is 4.49. The molecule has 1 aromatic heterocycles. The zero-order valence-corrected chi connectivity index (χ0v) is 10.3. The van der Waals surface area contributed by atoms with E-state index < -0.39 is 5.54 Å². The molecule has 0 amide bonds. The van der Waals surface area contributed by atoms with Gasteiger partial charge in [0.2, 0.25) is 0 Å². The van der Waals surface area contributed by atoms with Crippen LogP contribution in [-0.4, -0.2) is 9.97 Å². The van der Waals surface area contributed by atoms with Crippen LogP contribution in [-0.2, 0) is 12.0 Å². The molecule has 94 valence electrons. The number of aromatic amines is 1. The molecule has 1 fully saturated rings. The molecular weight excluding hydrogens is 216 g/mol. The van der Waals surface area contributed by atoms with E-state index in [0.29, 0.717) is 23.6 Å². The molecule has 0 bridgehead atoms. The Balaban J connectivity index is 2.42. The lowest BCUT2D eigenvalue weighted by molar-refractivity contribution is 0.286. The third-order valence-electron chi connectivity index (χ3n) is 3.62. The van der Waals surface area contributed by atoms with Crippen molar-refractivity contribution in [1.82, 2.24) is 9.97 Å². The Labute approximate surface area is 101 Å². The monoisotopic (exact) mass is 236 g/mol. The summed E-state index contributed by atoms with van der Waals surface area (Å²) in [7, 11) is 0. The first-order valence-electron chi connectivity index (χ1n) is 6.25. The largest absolute Gasteiger partial charge is 0.383 e. The van der Waals surface area contributed by atoms with Gasteiger partial charge in [-0.2, -0.15) is 0 Å². The van der Waals surface area contributed by atoms with Crippen molar-refractivity contribution in [1.29, 1.82) is 0 Å². The molecule has 1 aliphatic carbocycles. The van der Waals surface area contributed by atoms with Crippen molar-refractivity contribution in [2.24, 2.45) is 5.73 Å². The number of aromatic nitrogens is 2. The first-order chi connectivity index (χ1) is 8.07. The number of nitrogens with one attached hydrogen (secondary N) is 1. The average molecular weight is 236 g/mol. The van der Waals surface area contributed by atoms with Crippen molar-refractivity contribution < 1.29 is 0 Å². The summed E-state index contributed by atoms with van der Waals surface area (Å²) in [5.41, 5.74) is 12.0. The van der Waals surface area contributed by atoms with Gasteiger partial charge in [0.1, 0.15) is 11.6 Å². The van der Waals surface area contributed by atoms with Crippen LogP contribution in [0.4, 0.5) is 5.82 Å². The minimum Gasteiger partial charge on any atom is -0.383 e. The summed E-state index contributed by atoms with van der Waals surface area (Å²) < 4.78 is 0. The van der Waals surface area contributed by atoms with Crippen LogP contribution in [0.5, 0.6) is 0 Å². The van der Waals surface area contributed by atoms with Crippen molar-refractivity contribution in [2.75, 3.05) is 5.73 Å². The molecular formula is C12H20N4O. The molecule has 0 aliphatic heterocycles. The Bertz CT molecular complexity index is 460. The number of nitrogens with zero attached hydrogens (tertiary/aromatic N) is 1. The van der Waals surface area contributed by atoms with E-state index in [1.807, 2.05) is 6.92 Å².